The summed E-state index contributed by atoms with van der Waals surface area (Å²) in [5, 5.41) is 8.97. The van der Waals surface area contributed by atoms with Crippen molar-refractivity contribution in [2.24, 2.45) is 5.92 Å². The predicted molar refractivity (Wildman–Crippen MR) is 116 cm³/mol. The molecule has 4 nitrogen and oxygen atoms in total. The van der Waals surface area contributed by atoms with Crippen LogP contribution in [0.5, 0.6) is 5.75 Å². The molecule has 1 saturated heterocycles. The molecule has 0 amide bonds. The number of aliphatic carboxylic acids is 1. The second-order valence-electron chi connectivity index (χ2n) is 7.36. The summed E-state index contributed by atoms with van der Waals surface area (Å²) < 4.78 is 5.92. The topological polar surface area (TPSA) is 49.8 Å². The van der Waals surface area contributed by atoms with Crippen molar-refractivity contribution in [3.05, 3.63) is 70.8 Å². The van der Waals surface area contributed by atoms with E-state index in [0.717, 1.165) is 36.3 Å². The predicted octanol–water partition coefficient (Wildman–Crippen LogP) is 3.88. The van der Waals surface area contributed by atoms with Gasteiger partial charge in [-0.25, -0.2) is 0 Å². The third-order valence-corrected chi connectivity index (χ3v) is 5.13. The third kappa shape index (κ3) is 5.41. The number of likely N-dealkylation sites (tertiary alicyclic amines) is 1. The fourth-order valence-corrected chi connectivity index (χ4v) is 3.54. The highest BCUT2D eigenvalue weighted by Gasteiger charge is 2.32. The van der Waals surface area contributed by atoms with Crippen molar-refractivity contribution < 1.29 is 14.6 Å². The van der Waals surface area contributed by atoms with Crippen LogP contribution in [-0.4, -0.2) is 42.2 Å². The van der Waals surface area contributed by atoms with E-state index in [9.17, 15) is 4.79 Å². The van der Waals surface area contributed by atoms with Crippen molar-refractivity contribution in [1.82, 2.24) is 4.90 Å². The molecule has 0 saturated carbocycles. The van der Waals surface area contributed by atoms with Crippen molar-refractivity contribution >= 4 is 24.5 Å². The summed E-state index contributed by atoms with van der Waals surface area (Å²) in [7, 11) is 0. The summed E-state index contributed by atoms with van der Waals surface area (Å²) in [5.74, 6) is 6.42. The van der Waals surface area contributed by atoms with E-state index < -0.39 is 5.97 Å². The van der Waals surface area contributed by atoms with Crippen LogP contribution in [0.15, 0.2) is 54.1 Å². The standard InChI is InChI=1S/C24H23NO3.ClH/c26-24(27)22-15-25(16-22)14-20-12-21-11-10-19(13-23(21)28-17-20)9-5-4-8-18-6-2-1-3-7-18;/h1-3,6-7,10-13,22H,4,8,14-17H2,(H,26,27);1H. The number of aryl methyl sites for hydroxylation is 1. The number of nitrogens with zero attached hydrogens (tertiary/aromatic N) is 1. The van der Waals surface area contributed by atoms with Crippen LogP contribution in [-0.2, 0) is 11.2 Å². The SMILES string of the molecule is Cl.O=C(O)C1CN(CC2=Cc3ccc(C#CCCc4ccccc4)cc3OC2)C1. The lowest BCUT2D eigenvalue weighted by molar-refractivity contribution is -0.147. The average Bonchev–Trinajstić information content (AvgIpc) is 2.68. The molecule has 2 aromatic carbocycles. The van der Waals surface area contributed by atoms with Gasteiger partial charge in [0.25, 0.3) is 0 Å². The minimum absolute atomic E-state index is 0. The number of halogens is 1. The Balaban J connectivity index is 0.00000240. The van der Waals surface area contributed by atoms with Gasteiger partial charge in [0.1, 0.15) is 12.4 Å². The number of rotatable bonds is 5. The van der Waals surface area contributed by atoms with Gasteiger partial charge in [0.05, 0.1) is 5.92 Å². The van der Waals surface area contributed by atoms with E-state index in [1.165, 1.54) is 11.1 Å². The van der Waals surface area contributed by atoms with Crippen LogP contribution in [0.3, 0.4) is 0 Å². The number of benzene rings is 2. The molecule has 0 aromatic heterocycles. The second kappa shape index (κ2) is 9.65. The molecule has 29 heavy (non-hydrogen) atoms. The fourth-order valence-electron chi connectivity index (χ4n) is 3.54. The summed E-state index contributed by atoms with van der Waals surface area (Å²) >= 11 is 0. The molecule has 0 spiro atoms. The quantitative estimate of drug-likeness (QED) is 0.761. The Morgan fingerprint density at radius 3 is 2.72 bits per heavy atom. The first-order chi connectivity index (χ1) is 13.7. The summed E-state index contributed by atoms with van der Waals surface area (Å²) in [4.78, 5) is 13.0. The molecule has 1 N–H and O–H groups in total. The van der Waals surface area contributed by atoms with Gasteiger partial charge in [0.15, 0.2) is 0 Å². The molecule has 0 aliphatic carbocycles. The second-order valence-corrected chi connectivity index (χ2v) is 7.36. The molecular weight excluding hydrogens is 386 g/mol. The molecule has 2 heterocycles. The summed E-state index contributed by atoms with van der Waals surface area (Å²) in [6.45, 7) is 2.56. The zero-order valence-electron chi connectivity index (χ0n) is 16.1. The zero-order chi connectivity index (χ0) is 19.3. The number of hydrogen-bond acceptors (Lipinski definition) is 3. The van der Waals surface area contributed by atoms with Gasteiger partial charge >= 0.3 is 5.97 Å². The minimum Gasteiger partial charge on any atom is -0.489 e. The fraction of sp³-hybridized carbons (Fsp3) is 0.292. The molecule has 0 radical (unpaired) electrons. The van der Waals surface area contributed by atoms with Gasteiger partial charge in [0.2, 0.25) is 0 Å². The van der Waals surface area contributed by atoms with Gasteiger partial charge < -0.3 is 9.84 Å². The maximum atomic E-state index is 10.9. The van der Waals surface area contributed by atoms with E-state index in [4.69, 9.17) is 9.84 Å². The Bertz CT molecular complexity index is 953. The Kier molecular flexibility index (Phi) is 6.98. The Hall–Kier alpha value is -2.74. The average molecular weight is 410 g/mol. The Morgan fingerprint density at radius 2 is 1.97 bits per heavy atom. The molecule has 2 aromatic rings. The van der Waals surface area contributed by atoms with Gasteiger partial charge in [0, 0.05) is 37.2 Å². The summed E-state index contributed by atoms with van der Waals surface area (Å²) in [5.41, 5.74) is 4.51. The molecular formula is C24H24ClNO3. The van der Waals surface area contributed by atoms with Gasteiger partial charge in [-0.3, -0.25) is 9.69 Å². The van der Waals surface area contributed by atoms with E-state index in [0.29, 0.717) is 19.7 Å². The molecule has 150 valence electrons. The van der Waals surface area contributed by atoms with Crippen molar-refractivity contribution in [2.75, 3.05) is 26.2 Å². The van der Waals surface area contributed by atoms with E-state index in [1.807, 2.05) is 24.3 Å². The molecule has 1 fully saturated rings. The molecule has 0 bridgehead atoms. The van der Waals surface area contributed by atoms with Crippen LogP contribution in [0.2, 0.25) is 0 Å². The van der Waals surface area contributed by atoms with Crippen molar-refractivity contribution in [3.63, 3.8) is 0 Å². The summed E-state index contributed by atoms with van der Waals surface area (Å²) in [6, 6.07) is 16.5. The monoisotopic (exact) mass is 409 g/mol. The molecule has 2 aliphatic heterocycles. The van der Waals surface area contributed by atoms with Crippen LogP contribution in [0.25, 0.3) is 6.08 Å². The largest absolute Gasteiger partial charge is 0.489 e. The number of fused-ring (bicyclic) bond motifs is 1. The first-order valence-electron chi connectivity index (χ1n) is 9.61. The van der Waals surface area contributed by atoms with E-state index in [-0.39, 0.29) is 18.3 Å². The lowest BCUT2D eigenvalue weighted by Gasteiger charge is -2.37. The maximum Gasteiger partial charge on any atom is 0.309 e. The van der Waals surface area contributed by atoms with Gasteiger partial charge in [-0.05, 0) is 35.8 Å². The van der Waals surface area contributed by atoms with E-state index >= 15 is 0 Å². The number of carbonyl (C=O) groups is 1. The first-order valence-corrected chi connectivity index (χ1v) is 9.61. The molecule has 4 rings (SSSR count). The molecule has 0 atom stereocenters. The van der Waals surface area contributed by atoms with Crippen LogP contribution in [0, 0.1) is 17.8 Å². The van der Waals surface area contributed by atoms with Gasteiger partial charge in [-0.2, -0.15) is 0 Å². The lowest BCUT2D eigenvalue weighted by Crippen LogP contribution is -2.51. The van der Waals surface area contributed by atoms with Crippen LogP contribution >= 0.6 is 12.4 Å². The highest BCUT2D eigenvalue weighted by molar-refractivity contribution is 5.85. The Labute approximate surface area is 177 Å². The molecule has 2 aliphatic rings. The summed E-state index contributed by atoms with van der Waals surface area (Å²) in [6.07, 6.45) is 3.94. The lowest BCUT2D eigenvalue weighted by atomic mass is 9.98. The van der Waals surface area contributed by atoms with Crippen molar-refractivity contribution in [2.45, 2.75) is 12.8 Å². The van der Waals surface area contributed by atoms with Crippen molar-refractivity contribution in [3.8, 4) is 17.6 Å². The zero-order valence-corrected chi connectivity index (χ0v) is 17.0. The number of carboxylic acids is 1. The van der Waals surface area contributed by atoms with Gasteiger partial charge in [-0.15, -0.1) is 12.4 Å². The van der Waals surface area contributed by atoms with Gasteiger partial charge in [-0.1, -0.05) is 48.2 Å². The maximum absolute atomic E-state index is 10.9. The minimum atomic E-state index is -0.701. The molecule has 5 heteroatoms. The van der Waals surface area contributed by atoms with Crippen molar-refractivity contribution in [1.29, 1.82) is 0 Å². The number of carboxylic acid groups (broad SMARTS) is 1. The molecule has 0 unspecified atom stereocenters. The number of ether oxygens (including phenoxy) is 1. The number of hydrogen-bond donors (Lipinski definition) is 1. The first kappa shape index (κ1) is 21.0. The van der Waals surface area contributed by atoms with Crippen LogP contribution in [0.4, 0.5) is 0 Å². The highest BCUT2D eigenvalue weighted by Crippen LogP contribution is 2.28. The highest BCUT2D eigenvalue weighted by atomic mass is 35.5. The van der Waals surface area contributed by atoms with E-state index in [2.05, 4.69) is 47.1 Å². The Morgan fingerprint density at radius 1 is 1.17 bits per heavy atom. The van der Waals surface area contributed by atoms with E-state index in [1.54, 1.807) is 0 Å². The van der Waals surface area contributed by atoms with Crippen LogP contribution < -0.4 is 4.74 Å². The normalized spacial score (nSPS) is 15.5. The van der Waals surface area contributed by atoms with Crippen LogP contribution in [0.1, 0.15) is 23.1 Å². The smallest absolute Gasteiger partial charge is 0.309 e. The third-order valence-electron chi connectivity index (χ3n) is 5.13.